The number of benzene rings is 2. The molecule has 4 N–H and O–H groups in total. The van der Waals surface area contributed by atoms with E-state index >= 15 is 0 Å². The highest BCUT2D eigenvalue weighted by Crippen LogP contribution is 2.39. The van der Waals surface area contributed by atoms with E-state index in [2.05, 4.69) is 6.07 Å². The summed E-state index contributed by atoms with van der Waals surface area (Å²) in [6.07, 6.45) is -7.33. The molecule has 0 unspecified atom stereocenters. The predicted molar refractivity (Wildman–Crippen MR) is 127 cm³/mol. The van der Waals surface area contributed by atoms with E-state index in [1.165, 1.54) is 11.5 Å². The number of rotatable bonds is 4. The van der Waals surface area contributed by atoms with Crippen LogP contribution in [0.25, 0.3) is 21.9 Å². The Hall–Kier alpha value is -2.97. The zero-order chi connectivity index (χ0) is 24.7. The molecule has 1 aliphatic rings. The third kappa shape index (κ3) is 3.75. The number of carbonyl (C=O) groups excluding carboxylic acids is 1. The molecule has 1 aliphatic heterocycles. The molecule has 0 spiro atoms. The monoisotopic (exact) mass is 480 g/mol. The van der Waals surface area contributed by atoms with Crippen molar-refractivity contribution in [1.82, 2.24) is 4.57 Å². The van der Waals surface area contributed by atoms with Gasteiger partial charge in [0.05, 0.1) is 12.2 Å². The van der Waals surface area contributed by atoms with Gasteiger partial charge in [-0.1, -0.05) is 54.7 Å². The topological polar surface area (TPSA) is 136 Å². The van der Waals surface area contributed by atoms with E-state index < -0.39 is 37.3 Å². The van der Waals surface area contributed by atoms with Crippen LogP contribution < -0.4 is 0 Å². The van der Waals surface area contributed by atoms with Crippen molar-refractivity contribution in [3.05, 3.63) is 63.9 Å². The Bertz CT molecular complexity index is 1370. The first kappa shape index (κ1) is 24.2. The lowest BCUT2D eigenvalue weighted by atomic mass is 9.89. The second-order valence-corrected chi connectivity index (χ2v) is 8.69. The van der Waals surface area contributed by atoms with Crippen LogP contribution in [0, 0.1) is 22.9 Å². The minimum atomic E-state index is -1.64. The molecule has 9 heteroatoms. The summed E-state index contributed by atoms with van der Waals surface area (Å²) in [5.41, 5.74) is 1.63. The number of aliphatic hydroxyl groups is 4. The van der Waals surface area contributed by atoms with Crippen LogP contribution in [0.15, 0.2) is 42.5 Å². The molecule has 3 aromatic rings. The molecular weight excluding hydrogens is 456 g/mol. The lowest BCUT2D eigenvalue weighted by molar-refractivity contribution is -0.252. The van der Waals surface area contributed by atoms with E-state index in [0.717, 1.165) is 10.8 Å². The van der Waals surface area contributed by atoms with Gasteiger partial charge in [-0.2, -0.15) is 5.26 Å². The Kier molecular flexibility index (Phi) is 6.64. The molecule has 0 saturated carbocycles. The van der Waals surface area contributed by atoms with Crippen LogP contribution in [0.5, 0.6) is 0 Å². The summed E-state index contributed by atoms with van der Waals surface area (Å²) < 4.78 is 7.00. The Labute approximate surface area is 200 Å². The Balaban J connectivity index is 2.06. The molecule has 1 aromatic heterocycles. The van der Waals surface area contributed by atoms with Crippen LogP contribution in [0.4, 0.5) is 0 Å². The van der Waals surface area contributed by atoms with Crippen molar-refractivity contribution in [2.75, 3.05) is 6.61 Å². The van der Waals surface area contributed by atoms with Crippen LogP contribution >= 0.6 is 12.2 Å². The summed E-state index contributed by atoms with van der Waals surface area (Å²) >= 11 is 5.64. The number of Topliss-reactive ketones (excluding diaryl/α,β-unsaturated/α-hetero) is 1. The molecule has 2 heterocycles. The molecule has 0 amide bonds. The SMILES string of the molecule is CC(=O)c1c(-c2cccc3ccccc23)c(C#N)c(=S)n([C@H]2O[C@@H](CO)[C@@H](O)[C@@H](O)[C@@H]2O)c1C. The molecule has 0 radical (unpaired) electrons. The second kappa shape index (κ2) is 9.35. The molecular formula is C25H24N2O6S. The van der Waals surface area contributed by atoms with E-state index in [-0.39, 0.29) is 21.6 Å². The van der Waals surface area contributed by atoms with Crippen molar-refractivity contribution in [2.24, 2.45) is 0 Å². The maximum absolute atomic E-state index is 12.9. The highest BCUT2D eigenvalue weighted by Gasteiger charge is 2.45. The third-order valence-corrected chi connectivity index (χ3v) is 6.70. The first-order valence-electron chi connectivity index (χ1n) is 10.7. The highest BCUT2D eigenvalue weighted by atomic mass is 32.1. The van der Waals surface area contributed by atoms with Crippen molar-refractivity contribution in [3.8, 4) is 17.2 Å². The average molecular weight is 481 g/mol. The van der Waals surface area contributed by atoms with Gasteiger partial charge in [0, 0.05) is 16.8 Å². The van der Waals surface area contributed by atoms with Gasteiger partial charge in [0.2, 0.25) is 0 Å². The zero-order valence-electron chi connectivity index (χ0n) is 18.5. The number of nitrogens with zero attached hydrogens (tertiary/aromatic N) is 2. The lowest BCUT2D eigenvalue weighted by Gasteiger charge is -2.41. The predicted octanol–water partition coefficient (Wildman–Crippen LogP) is 2.39. The van der Waals surface area contributed by atoms with Crippen LogP contribution in [0.2, 0.25) is 0 Å². The van der Waals surface area contributed by atoms with Crippen molar-refractivity contribution in [2.45, 2.75) is 44.5 Å². The number of ketones is 1. The molecule has 8 nitrogen and oxygen atoms in total. The van der Waals surface area contributed by atoms with Gasteiger partial charge in [0.1, 0.15) is 35.1 Å². The summed E-state index contributed by atoms with van der Waals surface area (Å²) in [7, 11) is 0. The minimum Gasteiger partial charge on any atom is -0.394 e. The molecule has 1 saturated heterocycles. The maximum atomic E-state index is 12.9. The number of aromatic nitrogens is 1. The fraction of sp³-hybridized carbons (Fsp3) is 0.320. The molecule has 34 heavy (non-hydrogen) atoms. The molecule has 1 fully saturated rings. The Morgan fingerprint density at radius 1 is 1.12 bits per heavy atom. The molecule has 5 atom stereocenters. The first-order chi connectivity index (χ1) is 16.2. The fourth-order valence-corrected chi connectivity index (χ4v) is 5.04. The fourth-order valence-electron chi connectivity index (χ4n) is 4.66. The van der Waals surface area contributed by atoms with Gasteiger partial charge in [-0.15, -0.1) is 0 Å². The summed E-state index contributed by atoms with van der Waals surface area (Å²) in [4.78, 5) is 12.9. The zero-order valence-corrected chi connectivity index (χ0v) is 19.4. The molecule has 0 bridgehead atoms. The van der Waals surface area contributed by atoms with E-state index in [1.54, 1.807) is 6.92 Å². The van der Waals surface area contributed by atoms with Gasteiger partial charge >= 0.3 is 0 Å². The smallest absolute Gasteiger partial charge is 0.164 e. The number of hydrogen-bond acceptors (Lipinski definition) is 8. The first-order valence-corrected chi connectivity index (χ1v) is 11.1. The quantitative estimate of drug-likeness (QED) is 0.330. The van der Waals surface area contributed by atoms with Crippen molar-refractivity contribution >= 4 is 28.8 Å². The van der Waals surface area contributed by atoms with Gasteiger partial charge in [-0.05, 0) is 30.2 Å². The van der Waals surface area contributed by atoms with Gasteiger partial charge < -0.3 is 29.7 Å². The van der Waals surface area contributed by atoms with E-state index in [1.807, 2.05) is 42.5 Å². The van der Waals surface area contributed by atoms with Crippen LogP contribution in [-0.2, 0) is 4.74 Å². The van der Waals surface area contributed by atoms with Crippen molar-refractivity contribution in [3.63, 3.8) is 0 Å². The molecule has 0 aliphatic carbocycles. The number of aliphatic hydroxyl groups excluding tert-OH is 4. The van der Waals surface area contributed by atoms with Gasteiger partial charge in [0.25, 0.3) is 0 Å². The number of hydrogen-bond donors (Lipinski definition) is 4. The van der Waals surface area contributed by atoms with Crippen molar-refractivity contribution < 1.29 is 30.0 Å². The van der Waals surface area contributed by atoms with Crippen LogP contribution in [0.3, 0.4) is 0 Å². The molecule has 2 aromatic carbocycles. The highest BCUT2D eigenvalue weighted by molar-refractivity contribution is 7.71. The molecule has 4 rings (SSSR count). The van der Waals surface area contributed by atoms with Crippen LogP contribution in [-0.4, -0.2) is 61.8 Å². The molecule has 176 valence electrons. The normalized spacial score (nSPS) is 24.7. The largest absolute Gasteiger partial charge is 0.394 e. The third-order valence-electron chi connectivity index (χ3n) is 6.30. The number of nitriles is 1. The maximum Gasteiger partial charge on any atom is 0.164 e. The summed E-state index contributed by atoms with van der Waals surface area (Å²) in [6.45, 7) is 2.37. The number of pyridine rings is 1. The van der Waals surface area contributed by atoms with Crippen LogP contribution in [0.1, 0.15) is 34.8 Å². The standard InChI is InChI=1S/C25H24N2O6S/c1-12-19(13(2)29)20(16-9-5-7-14-6-3-4-8-15(14)16)17(10-26)25(34)27(12)24-23(32)22(31)21(30)18(11-28)33-24/h3-9,18,21-24,28,30-32H,11H2,1-2H3/t18-,21+,22+,23-,24-/m0/s1. The summed E-state index contributed by atoms with van der Waals surface area (Å²) in [5.74, 6) is -0.328. The second-order valence-electron chi connectivity index (χ2n) is 8.30. The van der Waals surface area contributed by atoms with Gasteiger partial charge in [-0.3, -0.25) is 4.79 Å². The van der Waals surface area contributed by atoms with E-state index in [9.17, 15) is 30.5 Å². The summed E-state index contributed by atoms with van der Waals surface area (Å²) in [5, 5.41) is 52.6. The average Bonchev–Trinajstić information content (AvgIpc) is 2.83. The van der Waals surface area contributed by atoms with Crippen molar-refractivity contribution in [1.29, 1.82) is 5.26 Å². The lowest BCUT2D eigenvalue weighted by Crippen LogP contribution is -2.56. The Morgan fingerprint density at radius 3 is 2.44 bits per heavy atom. The number of fused-ring (bicyclic) bond motifs is 1. The Morgan fingerprint density at radius 2 is 1.79 bits per heavy atom. The summed E-state index contributed by atoms with van der Waals surface area (Å²) in [6, 6.07) is 15.3. The minimum absolute atomic E-state index is 0.00253. The van der Waals surface area contributed by atoms with Gasteiger partial charge in [-0.25, -0.2) is 0 Å². The van der Waals surface area contributed by atoms with E-state index in [0.29, 0.717) is 16.8 Å². The number of carbonyl (C=O) groups is 1. The van der Waals surface area contributed by atoms with E-state index in [4.69, 9.17) is 17.0 Å². The van der Waals surface area contributed by atoms with Gasteiger partial charge in [0.15, 0.2) is 12.0 Å². The number of ether oxygens (including phenoxy) is 1.